The van der Waals surface area contributed by atoms with Gasteiger partial charge < -0.3 is 24.0 Å². The fourth-order valence-corrected chi connectivity index (χ4v) is 3.14. The largest absolute Gasteiger partial charge is 0.490 e. The quantitative estimate of drug-likeness (QED) is 0.537. The minimum atomic E-state index is -0.0702. The Kier molecular flexibility index (Phi) is 8.84. The molecule has 0 atom stereocenters. The maximum absolute atomic E-state index is 13.3. The van der Waals surface area contributed by atoms with Gasteiger partial charge in [-0.05, 0) is 57.5 Å². The topological polar surface area (TPSA) is 51.2 Å². The van der Waals surface area contributed by atoms with Crippen LogP contribution in [-0.4, -0.2) is 51.3 Å². The second-order valence-corrected chi connectivity index (χ2v) is 6.98. The lowest BCUT2D eigenvalue weighted by molar-refractivity contribution is 0.0751. The van der Waals surface area contributed by atoms with Crippen molar-refractivity contribution in [3.05, 3.63) is 47.5 Å². The highest BCUT2D eigenvalue weighted by atomic mass is 16.5. The van der Waals surface area contributed by atoms with Crippen molar-refractivity contribution in [2.75, 3.05) is 45.4 Å². The van der Waals surface area contributed by atoms with Gasteiger partial charge in [-0.3, -0.25) is 4.79 Å². The number of benzene rings is 2. The lowest BCUT2D eigenvalue weighted by atomic mass is 10.1. The first-order valence-electron chi connectivity index (χ1n) is 10.6. The maximum atomic E-state index is 13.3. The van der Waals surface area contributed by atoms with Crippen LogP contribution in [0.3, 0.4) is 0 Å². The molecule has 0 bridgehead atoms. The molecule has 0 saturated heterocycles. The predicted molar refractivity (Wildman–Crippen MR) is 121 cm³/mol. The van der Waals surface area contributed by atoms with Gasteiger partial charge in [0.25, 0.3) is 5.91 Å². The summed E-state index contributed by atoms with van der Waals surface area (Å²) in [7, 11) is 4.02. The van der Waals surface area contributed by atoms with Gasteiger partial charge in [-0.1, -0.05) is 12.1 Å². The lowest BCUT2D eigenvalue weighted by Gasteiger charge is -2.23. The molecule has 0 heterocycles. The van der Waals surface area contributed by atoms with Crippen LogP contribution in [0.2, 0.25) is 0 Å². The summed E-state index contributed by atoms with van der Waals surface area (Å²) in [5, 5.41) is 0. The van der Waals surface area contributed by atoms with Crippen molar-refractivity contribution < 1.29 is 19.0 Å². The van der Waals surface area contributed by atoms with Crippen molar-refractivity contribution in [3.63, 3.8) is 0 Å². The number of ether oxygens (including phenoxy) is 3. The van der Waals surface area contributed by atoms with E-state index in [1.165, 1.54) is 0 Å². The van der Waals surface area contributed by atoms with Crippen molar-refractivity contribution in [2.45, 2.75) is 34.2 Å². The highest BCUT2D eigenvalue weighted by Gasteiger charge is 2.21. The molecule has 6 nitrogen and oxygen atoms in total. The molecule has 0 unspecified atom stereocenters. The van der Waals surface area contributed by atoms with Crippen LogP contribution >= 0.6 is 0 Å². The Labute approximate surface area is 180 Å². The summed E-state index contributed by atoms with van der Waals surface area (Å²) in [5.41, 5.74) is 2.73. The van der Waals surface area contributed by atoms with E-state index in [1.54, 1.807) is 12.1 Å². The number of anilines is 1. The van der Waals surface area contributed by atoms with Gasteiger partial charge in [0.15, 0.2) is 11.5 Å². The van der Waals surface area contributed by atoms with Gasteiger partial charge in [-0.2, -0.15) is 0 Å². The molecule has 0 radical (unpaired) electrons. The number of carbonyl (C=O) groups is 1. The SMILES string of the molecule is CCOc1cc(C(=O)N(CC)Cc2ccc(N(C)C)cc2)cc(OCC)c1OCC. The third kappa shape index (κ3) is 5.81. The van der Waals surface area contributed by atoms with Crippen LogP contribution in [-0.2, 0) is 6.54 Å². The Morgan fingerprint density at radius 1 is 0.833 bits per heavy atom. The zero-order chi connectivity index (χ0) is 22.1. The molecule has 0 aliphatic rings. The summed E-state index contributed by atoms with van der Waals surface area (Å²) < 4.78 is 17.3. The third-order valence-corrected chi connectivity index (χ3v) is 4.65. The smallest absolute Gasteiger partial charge is 0.254 e. The van der Waals surface area contributed by atoms with Crippen molar-refractivity contribution in [3.8, 4) is 17.2 Å². The normalized spacial score (nSPS) is 10.5. The molecule has 30 heavy (non-hydrogen) atoms. The van der Waals surface area contributed by atoms with E-state index < -0.39 is 0 Å². The Morgan fingerprint density at radius 2 is 1.37 bits per heavy atom. The number of carbonyl (C=O) groups excluding carboxylic acids is 1. The number of hydrogen-bond acceptors (Lipinski definition) is 5. The Bertz CT molecular complexity index is 791. The van der Waals surface area contributed by atoms with Gasteiger partial charge in [-0.25, -0.2) is 0 Å². The van der Waals surface area contributed by atoms with Crippen LogP contribution in [0.15, 0.2) is 36.4 Å². The van der Waals surface area contributed by atoms with Gasteiger partial charge in [0, 0.05) is 38.4 Å². The molecule has 0 aliphatic heterocycles. The fourth-order valence-electron chi connectivity index (χ4n) is 3.14. The number of amides is 1. The zero-order valence-corrected chi connectivity index (χ0v) is 19.0. The molecular weight excluding hydrogens is 380 g/mol. The average Bonchev–Trinajstić information content (AvgIpc) is 2.74. The van der Waals surface area contributed by atoms with E-state index in [9.17, 15) is 4.79 Å². The summed E-state index contributed by atoms with van der Waals surface area (Å²) in [5.74, 6) is 1.53. The van der Waals surface area contributed by atoms with Crippen LogP contribution < -0.4 is 19.1 Å². The molecule has 164 valence electrons. The second kappa shape index (κ2) is 11.3. The Hall–Kier alpha value is -2.89. The molecular formula is C24H34N2O4. The summed E-state index contributed by atoms with van der Waals surface area (Å²) in [4.78, 5) is 17.2. The second-order valence-electron chi connectivity index (χ2n) is 6.98. The van der Waals surface area contributed by atoms with E-state index in [1.807, 2.05) is 46.7 Å². The number of nitrogens with zero attached hydrogens (tertiary/aromatic N) is 2. The van der Waals surface area contributed by atoms with Crippen molar-refractivity contribution in [1.29, 1.82) is 0 Å². The van der Waals surface area contributed by atoms with Crippen molar-refractivity contribution in [1.82, 2.24) is 4.90 Å². The molecule has 0 aliphatic carbocycles. The first-order chi connectivity index (χ1) is 14.4. The standard InChI is InChI=1S/C24H34N2O4/c1-7-26(17-18-11-13-20(14-12-18)25(5)6)24(27)19-15-21(28-8-2)23(30-10-4)22(16-19)29-9-3/h11-16H,7-10,17H2,1-6H3. The molecule has 6 heteroatoms. The summed E-state index contributed by atoms with van der Waals surface area (Å²) in [6.45, 7) is 10.2. The molecule has 0 aromatic heterocycles. The van der Waals surface area contributed by atoms with E-state index >= 15 is 0 Å². The monoisotopic (exact) mass is 414 g/mol. The molecule has 0 fully saturated rings. The molecule has 1 amide bonds. The summed E-state index contributed by atoms with van der Waals surface area (Å²) in [6, 6.07) is 11.7. The van der Waals surface area contributed by atoms with Gasteiger partial charge in [0.2, 0.25) is 5.75 Å². The van der Waals surface area contributed by atoms with Gasteiger partial charge in [0.1, 0.15) is 0 Å². The minimum Gasteiger partial charge on any atom is -0.490 e. The van der Waals surface area contributed by atoms with Gasteiger partial charge >= 0.3 is 0 Å². The van der Waals surface area contributed by atoms with Crippen LogP contribution in [0.25, 0.3) is 0 Å². The minimum absolute atomic E-state index is 0.0702. The van der Waals surface area contributed by atoms with Gasteiger partial charge in [0.05, 0.1) is 19.8 Å². The summed E-state index contributed by atoms with van der Waals surface area (Å²) in [6.07, 6.45) is 0. The van der Waals surface area contributed by atoms with E-state index in [-0.39, 0.29) is 5.91 Å². The molecule has 0 spiro atoms. The molecule has 2 rings (SSSR count). The Balaban J connectivity index is 2.33. The van der Waals surface area contributed by atoms with Crippen molar-refractivity contribution >= 4 is 11.6 Å². The first kappa shape index (κ1) is 23.4. The highest BCUT2D eigenvalue weighted by molar-refractivity contribution is 5.95. The van der Waals surface area contributed by atoms with E-state index in [4.69, 9.17) is 14.2 Å². The first-order valence-corrected chi connectivity index (χ1v) is 10.6. The Morgan fingerprint density at radius 3 is 1.80 bits per heavy atom. The van der Waals surface area contributed by atoms with Crippen LogP contribution in [0.1, 0.15) is 43.6 Å². The van der Waals surface area contributed by atoms with E-state index in [0.717, 1.165) is 11.3 Å². The zero-order valence-electron chi connectivity index (χ0n) is 19.0. The number of hydrogen-bond donors (Lipinski definition) is 0. The third-order valence-electron chi connectivity index (χ3n) is 4.65. The molecule has 0 N–H and O–H groups in total. The molecule has 0 saturated carbocycles. The van der Waals surface area contributed by atoms with E-state index in [0.29, 0.717) is 55.7 Å². The lowest BCUT2D eigenvalue weighted by Crippen LogP contribution is -2.30. The predicted octanol–water partition coefficient (Wildman–Crippen LogP) is 4.61. The highest BCUT2D eigenvalue weighted by Crippen LogP contribution is 2.39. The molecule has 2 aromatic carbocycles. The number of rotatable bonds is 11. The van der Waals surface area contributed by atoms with Gasteiger partial charge in [-0.15, -0.1) is 0 Å². The average molecular weight is 415 g/mol. The molecule has 2 aromatic rings. The van der Waals surface area contributed by atoms with Crippen LogP contribution in [0, 0.1) is 0 Å². The van der Waals surface area contributed by atoms with E-state index in [2.05, 4.69) is 29.2 Å². The fraction of sp³-hybridized carbons (Fsp3) is 0.458. The summed E-state index contributed by atoms with van der Waals surface area (Å²) >= 11 is 0. The maximum Gasteiger partial charge on any atom is 0.254 e. The van der Waals surface area contributed by atoms with Crippen LogP contribution in [0.4, 0.5) is 5.69 Å². The van der Waals surface area contributed by atoms with Crippen LogP contribution in [0.5, 0.6) is 17.2 Å². The van der Waals surface area contributed by atoms with Crippen molar-refractivity contribution in [2.24, 2.45) is 0 Å².